The van der Waals surface area contributed by atoms with E-state index in [0.29, 0.717) is 11.4 Å². The number of carbonyl (C=O) groups excluding carboxylic acids is 1. The Morgan fingerprint density at radius 2 is 1.85 bits per heavy atom. The fourth-order valence-electron chi connectivity index (χ4n) is 6.28. The molecule has 4 N–H and O–H groups in total. The molecule has 1 aliphatic carbocycles. The summed E-state index contributed by atoms with van der Waals surface area (Å²) >= 11 is 3.59. The van der Waals surface area contributed by atoms with Gasteiger partial charge in [0.2, 0.25) is 0 Å². The molecule has 3 aliphatic rings. The Morgan fingerprint density at radius 1 is 1.02 bits per heavy atom. The maximum Gasteiger partial charge on any atom is 0.251 e. The lowest BCUT2D eigenvalue weighted by molar-refractivity contribution is -0.0360. The number of hydrogen-bond donors (Lipinski definition) is 4. The van der Waals surface area contributed by atoms with E-state index in [0.717, 1.165) is 84.5 Å². The Bertz CT molecular complexity index is 1560. The molecule has 1 spiro atoms. The van der Waals surface area contributed by atoms with Crippen LogP contribution in [0.4, 0.5) is 5.69 Å². The molecule has 41 heavy (non-hydrogen) atoms. The fraction of sp³-hybridized carbons (Fsp3) is 0.355. The minimum Gasteiger partial charge on any atom is -0.487 e. The van der Waals surface area contributed by atoms with Crippen molar-refractivity contribution in [2.45, 2.75) is 55.7 Å². The normalized spacial score (nSPS) is 20.4. The molecule has 7 rings (SSSR count). The van der Waals surface area contributed by atoms with Crippen LogP contribution in [0.3, 0.4) is 0 Å². The van der Waals surface area contributed by atoms with Crippen molar-refractivity contribution in [2.24, 2.45) is 0 Å². The molecule has 2 aliphatic heterocycles. The van der Waals surface area contributed by atoms with Crippen molar-refractivity contribution in [1.82, 2.24) is 30.8 Å². The summed E-state index contributed by atoms with van der Waals surface area (Å²) in [7, 11) is 0. The number of rotatable bonds is 6. The van der Waals surface area contributed by atoms with Crippen molar-refractivity contribution in [2.75, 3.05) is 18.4 Å². The number of anilines is 1. The lowest BCUT2D eigenvalue weighted by Crippen LogP contribution is -2.49. The van der Waals surface area contributed by atoms with Gasteiger partial charge in [0.25, 0.3) is 5.91 Å². The van der Waals surface area contributed by atoms with E-state index < -0.39 is 5.54 Å². The molecule has 10 heteroatoms. The van der Waals surface area contributed by atoms with Crippen molar-refractivity contribution in [1.29, 1.82) is 0 Å². The zero-order chi connectivity index (χ0) is 27.9. The standard InChI is InChI=1S/C31H32BrN7O2/c32-22-5-6-26-24(18-22)25(19-30(41-26)9-2-10-30)35-28(40)21-3-1-4-23(17-21)37-31(11-15-34-16-12-31)29-36-27(38-39-29)20-7-13-33-14-8-20/h1,3-8,13-14,17-18,25,34,37H,2,9-12,15-16,19H2,(H,35,40)(H,36,38,39)/t25-/m1/s1. The number of aromatic nitrogens is 4. The smallest absolute Gasteiger partial charge is 0.251 e. The summed E-state index contributed by atoms with van der Waals surface area (Å²) in [5.74, 6) is 2.20. The first-order valence-corrected chi connectivity index (χ1v) is 15.0. The van der Waals surface area contributed by atoms with E-state index in [2.05, 4.69) is 53.1 Å². The van der Waals surface area contributed by atoms with Crippen LogP contribution in [0.25, 0.3) is 11.4 Å². The first kappa shape index (κ1) is 26.2. The molecule has 4 heterocycles. The third-order valence-electron chi connectivity index (χ3n) is 8.66. The molecule has 210 valence electrons. The van der Waals surface area contributed by atoms with Crippen LogP contribution in [0.1, 0.15) is 66.3 Å². The molecule has 1 saturated heterocycles. The van der Waals surface area contributed by atoms with E-state index in [1.807, 2.05) is 48.5 Å². The number of pyridine rings is 1. The van der Waals surface area contributed by atoms with Crippen LogP contribution in [0.15, 0.2) is 71.5 Å². The van der Waals surface area contributed by atoms with E-state index in [9.17, 15) is 4.79 Å². The predicted molar refractivity (Wildman–Crippen MR) is 160 cm³/mol. The number of amides is 1. The van der Waals surface area contributed by atoms with Crippen LogP contribution in [0.5, 0.6) is 5.75 Å². The first-order chi connectivity index (χ1) is 20.0. The van der Waals surface area contributed by atoms with E-state index in [1.54, 1.807) is 12.4 Å². The van der Waals surface area contributed by atoms with Crippen molar-refractivity contribution in [3.63, 3.8) is 0 Å². The average molecular weight is 615 g/mol. The molecule has 0 unspecified atom stereocenters. The monoisotopic (exact) mass is 613 g/mol. The van der Waals surface area contributed by atoms with Crippen LogP contribution in [0, 0.1) is 0 Å². The summed E-state index contributed by atoms with van der Waals surface area (Å²) in [6.07, 6.45) is 9.11. The molecule has 2 fully saturated rings. The second-order valence-corrected chi connectivity index (χ2v) is 12.2. The van der Waals surface area contributed by atoms with Gasteiger partial charge in [0, 0.05) is 45.7 Å². The molecule has 9 nitrogen and oxygen atoms in total. The minimum atomic E-state index is -0.443. The molecular weight excluding hydrogens is 582 g/mol. The van der Waals surface area contributed by atoms with Gasteiger partial charge in [0.1, 0.15) is 11.4 Å². The Balaban J connectivity index is 1.13. The second kappa shape index (κ2) is 10.6. The topological polar surface area (TPSA) is 117 Å². The van der Waals surface area contributed by atoms with Gasteiger partial charge in [-0.1, -0.05) is 22.0 Å². The third kappa shape index (κ3) is 5.10. The molecule has 1 amide bonds. The largest absolute Gasteiger partial charge is 0.487 e. The number of H-pyrrole nitrogens is 1. The summed E-state index contributed by atoms with van der Waals surface area (Å²) in [5.41, 5.74) is 2.79. The number of carbonyl (C=O) groups is 1. The average Bonchev–Trinajstić information content (AvgIpc) is 3.49. The van der Waals surface area contributed by atoms with Crippen molar-refractivity contribution < 1.29 is 9.53 Å². The van der Waals surface area contributed by atoms with Crippen LogP contribution in [-0.2, 0) is 5.54 Å². The van der Waals surface area contributed by atoms with Crippen molar-refractivity contribution in [3.8, 4) is 17.1 Å². The number of halogens is 1. The number of aromatic amines is 1. The number of ether oxygens (including phenoxy) is 1. The van der Waals surface area contributed by atoms with Gasteiger partial charge in [-0.05, 0) is 93.7 Å². The number of hydrogen-bond acceptors (Lipinski definition) is 7. The number of fused-ring (bicyclic) bond motifs is 1. The zero-order valence-corrected chi connectivity index (χ0v) is 24.2. The summed E-state index contributed by atoms with van der Waals surface area (Å²) < 4.78 is 7.38. The molecule has 4 aromatic rings. The van der Waals surface area contributed by atoms with E-state index in [1.165, 1.54) is 0 Å². The van der Waals surface area contributed by atoms with Crippen LogP contribution >= 0.6 is 15.9 Å². The SMILES string of the molecule is O=C(N[C@@H]1CC2(CCC2)Oc2ccc(Br)cc21)c1cccc(NC2(c3nc(-c4ccncc4)n[nH]3)CCNCC2)c1. The molecule has 2 aromatic heterocycles. The Morgan fingerprint density at radius 3 is 2.63 bits per heavy atom. The second-order valence-electron chi connectivity index (χ2n) is 11.3. The lowest BCUT2D eigenvalue weighted by atomic mass is 9.73. The van der Waals surface area contributed by atoms with Crippen LogP contribution in [0.2, 0.25) is 0 Å². The highest BCUT2D eigenvalue weighted by Crippen LogP contribution is 2.49. The van der Waals surface area contributed by atoms with Gasteiger partial charge >= 0.3 is 0 Å². The van der Waals surface area contributed by atoms with Crippen molar-refractivity contribution >= 4 is 27.5 Å². The third-order valence-corrected chi connectivity index (χ3v) is 9.16. The predicted octanol–water partition coefficient (Wildman–Crippen LogP) is 5.50. The quantitative estimate of drug-likeness (QED) is 0.227. The summed E-state index contributed by atoms with van der Waals surface area (Å²) in [6, 6.07) is 17.5. The van der Waals surface area contributed by atoms with Gasteiger partial charge < -0.3 is 20.7 Å². The molecular formula is C31H32BrN7O2. The maximum absolute atomic E-state index is 13.6. The summed E-state index contributed by atoms with van der Waals surface area (Å²) in [5, 5.41) is 18.2. The van der Waals surface area contributed by atoms with Gasteiger partial charge in [0.15, 0.2) is 11.6 Å². The highest BCUT2D eigenvalue weighted by Gasteiger charge is 2.46. The molecule has 2 aromatic carbocycles. The highest BCUT2D eigenvalue weighted by molar-refractivity contribution is 9.10. The van der Waals surface area contributed by atoms with Crippen LogP contribution < -0.4 is 20.7 Å². The molecule has 1 saturated carbocycles. The summed E-state index contributed by atoms with van der Waals surface area (Å²) in [4.78, 5) is 22.6. The van der Waals surface area contributed by atoms with E-state index >= 15 is 0 Å². The van der Waals surface area contributed by atoms with Gasteiger partial charge in [-0.3, -0.25) is 14.9 Å². The van der Waals surface area contributed by atoms with Gasteiger partial charge in [-0.2, -0.15) is 5.10 Å². The number of piperidine rings is 1. The highest BCUT2D eigenvalue weighted by atomic mass is 79.9. The van der Waals surface area contributed by atoms with Gasteiger partial charge in [-0.25, -0.2) is 4.98 Å². The molecule has 1 atom stereocenters. The van der Waals surface area contributed by atoms with E-state index in [4.69, 9.17) is 9.72 Å². The maximum atomic E-state index is 13.6. The minimum absolute atomic E-state index is 0.0973. The summed E-state index contributed by atoms with van der Waals surface area (Å²) in [6.45, 7) is 1.69. The fourth-order valence-corrected chi connectivity index (χ4v) is 6.66. The van der Waals surface area contributed by atoms with Gasteiger partial charge in [-0.15, -0.1) is 0 Å². The number of benzene rings is 2. The van der Waals surface area contributed by atoms with E-state index in [-0.39, 0.29) is 17.6 Å². The zero-order valence-electron chi connectivity index (χ0n) is 22.6. The lowest BCUT2D eigenvalue weighted by Gasteiger charge is -2.48. The van der Waals surface area contributed by atoms with Crippen molar-refractivity contribution in [3.05, 3.63) is 88.4 Å². The van der Waals surface area contributed by atoms with Crippen LogP contribution in [-0.4, -0.2) is 44.8 Å². The Labute approximate surface area is 247 Å². The molecule has 0 radical (unpaired) electrons. The molecule has 0 bridgehead atoms. The number of nitrogens with zero attached hydrogens (tertiary/aromatic N) is 3. The Hall–Kier alpha value is -3.76. The van der Waals surface area contributed by atoms with Gasteiger partial charge in [0.05, 0.1) is 11.6 Å². The Kier molecular flexibility index (Phi) is 6.75. The first-order valence-electron chi connectivity index (χ1n) is 14.2. The number of nitrogens with one attached hydrogen (secondary N) is 4.